The molecule has 2 aromatic carbocycles. The van der Waals surface area contributed by atoms with Crippen molar-refractivity contribution >= 4 is 17.2 Å². The second kappa shape index (κ2) is 8.55. The lowest BCUT2D eigenvalue weighted by atomic mass is 10.0. The summed E-state index contributed by atoms with van der Waals surface area (Å²) >= 11 is 1.70. The second-order valence-corrected chi connectivity index (χ2v) is 9.40. The number of amides is 1. The summed E-state index contributed by atoms with van der Waals surface area (Å²) in [6.45, 7) is 1.82. The lowest BCUT2D eigenvalue weighted by molar-refractivity contribution is 0.0706. The third-order valence-electron chi connectivity index (χ3n) is 6.42. The fourth-order valence-electron chi connectivity index (χ4n) is 4.64. The summed E-state index contributed by atoms with van der Waals surface area (Å²) < 4.78 is 2.16. The van der Waals surface area contributed by atoms with Crippen LogP contribution >= 0.6 is 11.3 Å². The molecule has 4 heterocycles. The van der Waals surface area contributed by atoms with Crippen LogP contribution in [0.25, 0.3) is 10.4 Å². The monoisotopic (exact) mass is 456 g/mol. The van der Waals surface area contributed by atoms with Crippen molar-refractivity contribution in [2.24, 2.45) is 0 Å². The molecule has 0 saturated carbocycles. The highest BCUT2D eigenvalue weighted by Gasteiger charge is 2.33. The number of carbonyl (C=O) groups excluding carboxylic acids is 1. The molecule has 2 aromatic heterocycles. The predicted molar refractivity (Wildman–Crippen MR) is 127 cm³/mol. The Morgan fingerprint density at radius 1 is 0.909 bits per heavy atom. The number of hydrazine groups is 1. The van der Waals surface area contributed by atoms with Crippen molar-refractivity contribution in [1.82, 2.24) is 30.5 Å². The summed E-state index contributed by atoms with van der Waals surface area (Å²) in [5, 5.41) is 11.0. The zero-order valence-electron chi connectivity index (χ0n) is 18.0. The van der Waals surface area contributed by atoms with Gasteiger partial charge in [0.05, 0.1) is 12.6 Å². The highest BCUT2D eigenvalue weighted by molar-refractivity contribution is 7.13. The Balaban J connectivity index is 1.14. The van der Waals surface area contributed by atoms with Crippen molar-refractivity contribution in [1.29, 1.82) is 0 Å². The summed E-state index contributed by atoms with van der Waals surface area (Å²) in [4.78, 5) is 16.2. The number of benzene rings is 2. The van der Waals surface area contributed by atoms with Crippen LogP contribution in [0.15, 0.2) is 72.1 Å². The van der Waals surface area contributed by atoms with E-state index in [9.17, 15) is 4.79 Å². The highest BCUT2D eigenvalue weighted by atomic mass is 32.1. The molecule has 0 bridgehead atoms. The van der Waals surface area contributed by atoms with Gasteiger partial charge in [-0.05, 0) is 41.1 Å². The van der Waals surface area contributed by atoms with E-state index in [4.69, 9.17) is 0 Å². The van der Waals surface area contributed by atoms with Gasteiger partial charge in [0.2, 0.25) is 0 Å². The first kappa shape index (κ1) is 20.3. The molecular weight excluding hydrogens is 432 g/mol. The van der Waals surface area contributed by atoms with Crippen molar-refractivity contribution in [3.8, 4) is 10.4 Å². The molecule has 166 valence electrons. The molecule has 2 unspecified atom stereocenters. The molecule has 7 nitrogen and oxygen atoms in total. The van der Waals surface area contributed by atoms with Gasteiger partial charge in [0.25, 0.3) is 5.91 Å². The molecule has 1 amide bonds. The van der Waals surface area contributed by atoms with Crippen LogP contribution in [0, 0.1) is 0 Å². The maximum absolute atomic E-state index is 13.1. The molecule has 2 N–H and O–H groups in total. The zero-order valence-corrected chi connectivity index (χ0v) is 18.8. The standard InChI is InChI=1S/C25H24N6OS/c32-25(19-10-8-18(9-11-19)22-7-4-14-33-22)30-12-13-31-23(16-30)28-29-24(31)21-15-20(26-27-21)17-5-2-1-3-6-17/h1-11,14,20-21,26-27H,12-13,15-16H2. The van der Waals surface area contributed by atoms with Gasteiger partial charge in [-0.3, -0.25) is 4.79 Å². The quantitative estimate of drug-likeness (QED) is 0.487. The minimum absolute atomic E-state index is 0.0355. The Morgan fingerprint density at radius 2 is 1.73 bits per heavy atom. The maximum Gasteiger partial charge on any atom is 0.254 e. The summed E-state index contributed by atoms with van der Waals surface area (Å²) in [5.41, 5.74) is 9.86. The van der Waals surface area contributed by atoms with Crippen LogP contribution < -0.4 is 10.9 Å². The van der Waals surface area contributed by atoms with Gasteiger partial charge in [-0.1, -0.05) is 48.5 Å². The number of carbonyl (C=O) groups is 1. The molecule has 2 aliphatic heterocycles. The average Bonchev–Trinajstić information content (AvgIpc) is 3.64. The summed E-state index contributed by atoms with van der Waals surface area (Å²) in [5.74, 6) is 1.81. The van der Waals surface area contributed by atoms with Crippen LogP contribution in [0.5, 0.6) is 0 Å². The van der Waals surface area contributed by atoms with E-state index in [-0.39, 0.29) is 18.0 Å². The Labute approximate surface area is 196 Å². The third-order valence-corrected chi connectivity index (χ3v) is 7.34. The topological polar surface area (TPSA) is 75.1 Å². The Bertz CT molecular complexity index is 1250. The largest absolute Gasteiger partial charge is 0.329 e. The number of nitrogens with zero attached hydrogens (tertiary/aromatic N) is 4. The molecule has 0 radical (unpaired) electrons. The lowest BCUT2D eigenvalue weighted by Gasteiger charge is -2.28. The molecule has 0 aliphatic carbocycles. The van der Waals surface area contributed by atoms with Gasteiger partial charge in [-0.25, -0.2) is 10.9 Å². The van der Waals surface area contributed by atoms with Crippen LogP contribution in [-0.4, -0.2) is 32.1 Å². The molecule has 2 aliphatic rings. The van der Waals surface area contributed by atoms with E-state index in [1.54, 1.807) is 11.3 Å². The van der Waals surface area contributed by atoms with Crippen molar-refractivity contribution < 1.29 is 4.79 Å². The van der Waals surface area contributed by atoms with Crippen LogP contribution in [0.2, 0.25) is 0 Å². The van der Waals surface area contributed by atoms with Crippen LogP contribution in [0.1, 0.15) is 46.1 Å². The molecule has 2 atom stereocenters. The number of rotatable bonds is 4. The van der Waals surface area contributed by atoms with Crippen LogP contribution in [0.3, 0.4) is 0 Å². The van der Waals surface area contributed by atoms with E-state index >= 15 is 0 Å². The number of thiophene rings is 1. The molecule has 6 rings (SSSR count). The molecular formula is C25H24N6OS. The number of nitrogens with one attached hydrogen (secondary N) is 2. The lowest BCUT2D eigenvalue weighted by Crippen LogP contribution is -2.39. The normalized spacial score (nSPS) is 20.1. The van der Waals surface area contributed by atoms with E-state index in [0.717, 1.165) is 23.6 Å². The maximum atomic E-state index is 13.1. The molecule has 4 aromatic rings. The fourth-order valence-corrected chi connectivity index (χ4v) is 5.38. The minimum Gasteiger partial charge on any atom is -0.329 e. The van der Waals surface area contributed by atoms with E-state index < -0.39 is 0 Å². The van der Waals surface area contributed by atoms with Crippen molar-refractivity contribution in [3.05, 3.63) is 94.9 Å². The van der Waals surface area contributed by atoms with Crippen LogP contribution in [-0.2, 0) is 13.1 Å². The SMILES string of the molecule is O=C(c1ccc(-c2cccs2)cc1)N1CCn2c(nnc2C2CC(c3ccccc3)NN2)C1. The Hall–Kier alpha value is -3.33. The van der Waals surface area contributed by atoms with Gasteiger partial charge < -0.3 is 9.47 Å². The molecule has 1 fully saturated rings. The predicted octanol–water partition coefficient (Wildman–Crippen LogP) is 3.94. The molecule has 1 saturated heterocycles. The number of aromatic nitrogens is 3. The van der Waals surface area contributed by atoms with E-state index in [0.29, 0.717) is 25.2 Å². The van der Waals surface area contributed by atoms with E-state index in [2.05, 4.69) is 61.3 Å². The van der Waals surface area contributed by atoms with Gasteiger partial charge in [0.15, 0.2) is 11.6 Å². The molecule has 8 heteroatoms. The van der Waals surface area contributed by atoms with Gasteiger partial charge in [-0.2, -0.15) is 0 Å². The highest BCUT2D eigenvalue weighted by Crippen LogP contribution is 2.31. The summed E-state index contributed by atoms with van der Waals surface area (Å²) in [7, 11) is 0. The molecule has 0 spiro atoms. The first-order chi connectivity index (χ1) is 16.3. The summed E-state index contributed by atoms with van der Waals surface area (Å²) in [6.07, 6.45) is 0.904. The van der Waals surface area contributed by atoms with Gasteiger partial charge >= 0.3 is 0 Å². The van der Waals surface area contributed by atoms with Crippen LogP contribution in [0.4, 0.5) is 0 Å². The first-order valence-electron chi connectivity index (χ1n) is 11.2. The second-order valence-electron chi connectivity index (χ2n) is 8.45. The Morgan fingerprint density at radius 3 is 2.52 bits per heavy atom. The third kappa shape index (κ3) is 3.86. The van der Waals surface area contributed by atoms with Crippen molar-refractivity contribution in [2.75, 3.05) is 6.54 Å². The average molecular weight is 457 g/mol. The van der Waals surface area contributed by atoms with Gasteiger partial charge in [0.1, 0.15) is 0 Å². The number of hydrogen-bond donors (Lipinski definition) is 2. The minimum atomic E-state index is 0.0355. The van der Waals surface area contributed by atoms with E-state index in [1.807, 2.05) is 41.3 Å². The van der Waals surface area contributed by atoms with Crippen molar-refractivity contribution in [2.45, 2.75) is 31.6 Å². The van der Waals surface area contributed by atoms with Crippen molar-refractivity contribution in [3.63, 3.8) is 0 Å². The smallest absolute Gasteiger partial charge is 0.254 e. The zero-order chi connectivity index (χ0) is 22.2. The number of fused-ring (bicyclic) bond motifs is 1. The van der Waals surface area contributed by atoms with Gasteiger partial charge in [0, 0.05) is 29.6 Å². The Kier molecular flexibility index (Phi) is 5.26. The fraction of sp³-hybridized carbons (Fsp3) is 0.240. The van der Waals surface area contributed by atoms with E-state index in [1.165, 1.54) is 10.4 Å². The van der Waals surface area contributed by atoms with Gasteiger partial charge in [-0.15, -0.1) is 21.5 Å². The first-order valence-corrected chi connectivity index (χ1v) is 12.1. The number of hydrogen-bond acceptors (Lipinski definition) is 6. The molecule has 33 heavy (non-hydrogen) atoms. The summed E-state index contributed by atoms with van der Waals surface area (Å²) in [6, 6.07) is 22.8.